The molecule has 0 saturated heterocycles. The predicted molar refractivity (Wildman–Crippen MR) is 35.8 cm³/mol. The van der Waals surface area contributed by atoms with E-state index >= 15 is 0 Å². The molecule has 0 aromatic rings. The Morgan fingerprint density at radius 1 is 1.67 bits per heavy atom. The van der Waals surface area contributed by atoms with Crippen LogP contribution in [0.5, 0.6) is 0 Å². The van der Waals surface area contributed by atoms with Gasteiger partial charge in [-0.25, -0.2) is 0 Å². The molecular formula is C6H12N2O. The zero-order valence-electron chi connectivity index (χ0n) is 5.38. The van der Waals surface area contributed by atoms with Gasteiger partial charge in [-0.15, -0.1) is 0 Å². The number of nitrogens with one attached hydrogen (secondary N) is 1. The first-order chi connectivity index (χ1) is 4.43. The maximum atomic E-state index is 8.52. The third kappa shape index (κ3) is 2.03. The van der Waals surface area contributed by atoms with Crippen LogP contribution in [0.15, 0.2) is 12.3 Å². The highest BCUT2D eigenvalue weighted by atomic mass is 16.3. The normalized spacial score (nSPS) is 18.6. The Labute approximate surface area is 55.0 Å². The molecule has 9 heavy (non-hydrogen) atoms. The minimum Gasteiger partial charge on any atom is -0.395 e. The van der Waals surface area contributed by atoms with Crippen molar-refractivity contribution < 1.29 is 5.11 Å². The van der Waals surface area contributed by atoms with Gasteiger partial charge in [-0.2, -0.15) is 0 Å². The van der Waals surface area contributed by atoms with Crippen LogP contribution < -0.4 is 5.32 Å². The van der Waals surface area contributed by atoms with Gasteiger partial charge in [0.15, 0.2) is 0 Å². The van der Waals surface area contributed by atoms with Gasteiger partial charge in [0, 0.05) is 13.1 Å². The lowest BCUT2D eigenvalue weighted by Crippen LogP contribution is -2.35. The summed E-state index contributed by atoms with van der Waals surface area (Å²) in [6.07, 6.45) is 4.05. The van der Waals surface area contributed by atoms with Crippen LogP contribution in [-0.4, -0.2) is 36.4 Å². The van der Waals surface area contributed by atoms with E-state index in [2.05, 4.69) is 5.32 Å². The van der Waals surface area contributed by atoms with Crippen LogP contribution >= 0.6 is 0 Å². The standard InChI is InChI=1S/C6H12N2O/c9-5-4-8-3-1-2-7-6-8/h1,3,7,9H,2,4-6H2. The molecule has 0 amide bonds. The molecule has 0 unspecified atom stereocenters. The SMILES string of the molecule is OCCN1C=CCNC1. The highest BCUT2D eigenvalue weighted by Gasteiger charge is 1.98. The summed E-state index contributed by atoms with van der Waals surface area (Å²) in [6.45, 7) is 2.76. The minimum atomic E-state index is 0.228. The van der Waals surface area contributed by atoms with Crippen molar-refractivity contribution in [1.29, 1.82) is 0 Å². The van der Waals surface area contributed by atoms with E-state index in [1.165, 1.54) is 0 Å². The number of nitrogens with zero attached hydrogens (tertiary/aromatic N) is 1. The highest BCUT2D eigenvalue weighted by Crippen LogP contribution is 1.90. The Balaban J connectivity index is 2.23. The fourth-order valence-corrected chi connectivity index (χ4v) is 0.828. The quantitative estimate of drug-likeness (QED) is 0.519. The smallest absolute Gasteiger partial charge is 0.0679 e. The molecule has 0 atom stereocenters. The molecule has 0 spiro atoms. The van der Waals surface area contributed by atoms with Gasteiger partial charge in [0.25, 0.3) is 0 Å². The average Bonchev–Trinajstić information content (AvgIpc) is 1.91. The molecule has 0 radical (unpaired) electrons. The Hall–Kier alpha value is -0.540. The van der Waals surface area contributed by atoms with Crippen LogP contribution in [0, 0.1) is 0 Å². The van der Waals surface area contributed by atoms with E-state index in [9.17, 15) is 0 Å². The lowest BCUT2D eigenvalue weighted by atomic mass is 10.4. The van der Waals surface area contributed by atoms with Crippen LogP contribution in [0.4, 0.5) is 0 Å². The van der Waals surface area contributed by atoms with Gasteiger partial charge in [0.05, 0.1) is 13.3 Å². The fourth-order valence-electron chi connectivity index (χ4n) is 0.828. The Morgan fingerprint density at radius 3 is 3.11 bits per heavy atom. The van der Waals surface area contributed by atoms with E-state index in [4.69, 9.17) is 5.11 Å². The monoisotopic (exact) mass is 128 g/mol. The molecule has 0 aliphatic carbocycles. The number of hydrogen-bond donors (Lipinski definition) is 2. The molecule has 1 aliphatic heterocycles. The molecule has 0 aromatic heterocycles. The van der Waals surface area contributed by atoms with Crippen molar-refractivity contribution in [2.24, 2.45) is 0 Å². The number of aliphatic hydroxyl groups is 1. The lowest BCUT2D eigenvalue weighted by molar-refractivity contribution is 0.225. The van der Waals surface area contributed by atoms with E-state index in [0.717, 1.165) is 19.8 Å². The Kier molecular flexibility index (Phi) is 2.54. The highest BCUT2D eigenvalue weighted by molar-refractivity contribution is 4.88. The molecule has 2 N–H and O–H groups in total. The van der Waals surface area contributed by atoms with Crippen molar-refractivity contribution in [3.63, 3.8) is 0 Å². The minimum absolute atomic E-state index is 0.228. The number of hydrogen-bond acceptors (Lipinski definition) is 3. The van der Waals surface area contributed by atoms with E-state index < -0.39 is 0 Å². The zero-order valence-corrected chi connectivity index (χ0v) is 5.38. The van der Waals surface area contributed by atoms with Gasteiger partial charge in [0.2, 0.25) is 0 Å². The van der Waals surface area contributed by atoms with Gasteiger partial charge in [-0.3, -0.25) is 5.32 Å². The third-order valence-corrected chi connectivity index (χ3v) is 1.28. The molecule has 52 valence electrons. The molecule has 0 fully saturated rings. The van der Waals surface area contributed by atoms with Crippen molar-refractivity contribution in [3.05, 3.63) is 12.3 Å². The van der Waals surface area contributed by atoms with Gasteiger partial charge in [0.1, 0.15) is 0 Å². The first-order valence-electron chi connectivity index (χ1n) is 3.16. The second-order valence-corrected chi connectivity index (χ2v) is 2.03. The number of aliphatic hydroxyl groups excluding tert-OH is 1. The van der Waals surface area contributed by atoms with Crippen molar-refractivity contribution in [2.45, 2.75) is 0 Å². The van der Waals surface area contributed by atoms with Gasteiger partial charge in [-0.1, -0.05) is 6.08 Å². The summed E-state index contributed by atoms with van der Waals surface area (Å²) < 4.78 is 0. The topological polar surface area (TPSA) is 35.5 Å². The second-order valence-electron chi connectivity index (χ2n) is 2.03. The first kappa shape index (κ1) is 6.58. The second kappa shape index (κ2) is 3.48. The molecule has 0 bridgehead atoms. The van der Waals surface area contributed by atoms with Crippen LogP contribution in [0.25, 0.3) is 0 Å². The zero-order chi connectivity index (χ0) is 6.53. The Morgan fingerprint density at radius 2 is 2.56 bits per heavy atom. The van der Waals surface area contributed by atoms with E-state index in [0.29, 0.717) is 0 Å². The average molecular weight is 128 g/mol. The summed E-state index contributed by atoms with van der Waals surface area (Å²) in [5.74, 6) is 0. The van der Waals surface area contributed by atoms with Crippen molar-refractivity contribution >= 4 is 0 Å². The number of rotatable bonds is 2. The number of β-amino-alcohol motifs (C(OH)–C–C–N with tert-alkyl or cyclic N) is 1. The molecular weight excluding hydrogens is 116 g/mol. The van der Waals surface area contributed by atoms with Gasteiger partial charge >= 0.3 is 0 Å². The maximum Gasteiger partial charge on any atom is 0.0679 e. The molecule has 3 nitrogen and oxygen atoms in total. The summed E-state index contributed by atoms with van der Waals surface area (Å²) in [5, 5.41) is 11.7. The van der Waals surface area contributed by atoms with Crippen molar-refractivity contribution in [3.8, 4) is 0 Å². The van der Waals surface area contributed by atoms with E-state index in [1.54, 1.807) is 0 Å². The lowest BCUT2D eigenvalue weighted by Gasteiger charge is -2.22. The molecule has 3 heteroatoms. The van der Waals surface area contributed by atoms with E-state index in [1.807, 2.05) is 17.2 Å². The molecule has 1 heterocycles. The van der Waals surface area contributed by atoms with Crippen molar-refractivity contribution in [1.82, 2.24) is 10.2 Å². The molecule has 1 rings (SSSR count). The van der Waals surface area contributed by atoms with Gasteiger partial charge in [-0.05, 0) is 6.20 Å². The summed E-state index contributed by atoms with van der Waals surface area (Å²) >= 11 is 0. The Bertz CT molecular complexity index is 103. The summed E-state index contributed by atoms with van der Waals surface area (Å²) in [5.41, 5.74) is 0. The third-order valence-electron chi connectivity index (χ3n) is 1.28. The maximum absolute atomic E-state index is 8.52. The summed E-state index contributed by atoms with van der Waals surface area (Å²) in [4.78, 5) is 2.03. The molecule has 0 saturated carbocycles. The van der Waals surface area contributed by atoms with Crippen LogP contribution in [0.3, 0.4) is 0 Å². The summed E-state index contributed by atoms with van der Waals surface area (Å²) in [6, 6.07) is 0. The first-order valence-corrected chi connectivity index (χ1v) is 3.16. The predicted octanol–water partition coefficient (Wildman–Crippen LogP) is -0.645. The fraction of sp³-hybridized carbons (Fsp3) is 0.667. The van der Waals surface area contributed by atoms with Crippen LogP contribution in [-0.2, 0) is 0 Å². The van der Waals surface area contributed by atoms with Crippen molar-refractivity contribution in [2.75, 3.05) is 26.4 Å². The summed E-state index contributed by atoms with van der Waals surface area (Å²) in [7, 11) is 0. The van der Waals surface area contributed by atoms with E-state index in [-0.39, 0.29) is 6.61 Å². The largest absolute Gasteiger partial charge is 0.395 e. The molecule has 0 aromatic carbocycles. The van der Waals surface area contributed by atoms with Crippen LogP contribution in [0.2, 0.25) is 0 Å². The van der Waals surface area contributed by atoms with Crippen LogP contribution in [0.1, 0.15) is 0 Å². The van der Waals surface area contributed by atoms with Gasteiger partial charge < -0.3 is 10.0 Å². The molecule has 1 aliphatic rings.